The van der Waals surface area contributed by atoms with Crippen molar-refractivity contribution in [3.8, 4) is 11.8 Å². The van der Waals surface area contributed by atoms with Crippen LogP contribution >= 0.6 is 0 Å². The molecular weight excluding hydrogens is 338 g/mol. The van der Waals surface area contributed by atoms with E-state index >= 15 is 0 Å². The second-order valence-electron chi connectivity index (χ2n) is 5.81. The number of nitrogens with zero attached hydrogens (tertiary/aromatic N) is 2. The number of hydrogen-bond donors (Lipinski definition) is 1. The van der Waals surface area contributed by atoms with Crippen LogP contribution in [0.15, 0.2) is 29.3 Å². The molecule has 1 aromatic heterocycles. The number of hydrogen-bond acceptors (Lipinski definition) is 4. The topological polar surface area (TPSA) is 83.1 Å². The standard InChI is InChI=1S/C16H14F2N2O3S/c1-24(22,23)14-8-20(11-5-9(7-19)4-10(17)6-11)13-3-2-12(18)16(21)15(13)14/h4-6,8,12,16,21H,2-3H2,1H3. The first-order valence-electron chi connectivity index (χ1n) is 7.19. The molecule has 3 rings (SSSR count). The van der Waals surface area contributed by atoms with Crippen molar-refractivity contribution in [2.45, 2.75) is 30.0 Å². The molecule has 1 aliphatic rings. The van der Waals surface area contributed by atoms with Crippen LogP contribution in [0, 0.1) is 17.1 Å². The number of sulfone groups is 1. The third-order valence-electron chi connectivity index (χ3n) is 4.10. The predicted octanol–water partition coefficient (Wildman–Crippen LogP) is 2.21. The van der Waals surface area contributed by atoms with Gasteiger partial charge in [0.1, 0.15) is 18.1 Å². The van der Waals surface area contributed by atoms with Gasteiger partial charge in [-0.2, -0.15) is 5.26 Å². The van der Waals surface area contributed by atoms with Crippen molar-refractivity contribution < 1.29 is 22.3 Å². The monoisotopic (exact) mass is 352 g/mol. The normalized spacial score (nSPS) is 20.5. The summed E-state index contributed by atoms with van der Waals surface area (Å²) < 4.78 is 53.0. The van der Waals surface area contributed by atoms with Crippen molar-refractivity contribution in [3.05, 3.63) is 47.0 Å². The average molecular weight is 352 g/mol. The Kier molecular flexibility index (Phi) is 3.94. The Bertz CT molecular complexity index is 960. The molecule has 8 heteroatoms. The molecule has 2 atom stereocenters. The van der Waals surface area contributed by atoms with Gasteiger partial charge in [-0.1, -0.05) is 0 Å². The van der Waals surface area contributed by atoms with Gasteiger partial charge in [-0.15, -0.1) is 0 Å². The number of halogens is 2. The summed E-state index contributed by atoms with van der Waals surface area (Å²) in [7, 11) is -3.72. The number of rotatable bonds is 2. The van der Waals surface area contributed by atoms with Crippen molar-refractivity contribution >= 4 is 9.84 Å². The molecule has 1 aliphatic carbocycles. The Morgan fingerprint density at radius 1 is 1.38 bits per heavy atom. The van der Waals surface area contributed by atoms with Crippen LogP contribution < -0.4 is 0 Å². The van der Waals surface area contributed by atoms with Gasteiger partial charge in [0.25, 0.3) is 0 Å². The SMILES string of the molecule is CS(=O)(=O)c1cn(-c2cc(F)cc(C#N)c2)c2c1C(O)C(F)CC2. The molecule has 0 fully saturated rings. The minimum absolute atomic E-state index is 0.0130. The zero-order chi connectivity index (χ0) is 17.6. The molecule has 2 aromatic rings. The van der Waals surface area contributed by atoms with E-state index in [0.717, 1.165) is 18.4 Å². The van der Waals surface area contributed by atoms with Crippen molar-refractivity contribution in [1.82, 2.24) is 4.57 Å². The van der Waals surface area contributed by atoms with E-state index in [1.165, 1.54) is 16.8 Å². The third-order valence-corrected chi connectivity index (χ3v) is 5.22. The highest BCUT2D eigenvalue weighted by Crippen LogP contribution is 2.39. The van der Waals surface area contributed by atoms with Crippen LogP contribution in [0.25, 0.3) is 5.69 Å². The van der Waals surface area contributed by atoms with E-state index in [0.29, 0.717) is 5.69 Å². The molecule has 0 bridgehead atoms. The molecule has 1 heterocycles. The van der Waals surface area contributed by atoms with Crippen molar-refractivity contribution in [3.63, 3.8) is 0 Å². The lowest BCUT2D eigenvalue weighted by molar-refractivity contribution is 0.0617. The van der Waals surface area contributed by atoms with Gasteiger partial charge in [0.2, 0.25) is 0 Å². The fraction of sp³-hybridized carbons (Fsp3) is 0.312. The van der Waals surface area contributed by atoms with Crippen LogP contribution in [0.4, 0.5) is 8.78 Å². The van der Waals surface area contributed by atoms with Crippen LogP contribution in [0.2, 0.25) is 0 Å². The van der Waals surface area contributed by atoms with Crippen LogP contribution in [0.1, 0.15) is 29.3 Å². The lowest BCUT2D eigenvalue weighted by atomic mass is 9.93. The molecule has 24 heavy (non-hydrogen) atoms. The Labute approximate surface area is 137 Å². The van der Waals surface area contributed by atoms with E-state index in [2.05, 4.69) is 0 Å². The molecular formula is C16H14F2N2O3S. The molecule has 0 spiro atoms. The van der Waals surface area contributed by atoms with E-state index in [9.17, 15) is 22.3 Å². The first-order chi connectivity index (χ1) is 11.2. The fourth-order valence-corrected chi connectivity index (χ4v) is 3.96. The minimum atomic E-state index is -3.72. The van der Waals surface area contributed by atoms with Crippen LogP contribution in [0.3, 0.4) is 0 Å². The number of alkyl halides is 1. The molecule has 0 saturated heterocycles. The molecule has 5 nitrogen and oxygen atoms in total. The number of aliphatic hydroxyl groups excluding tert-OH is 1. The van der Waals surface area contributed by atoms with Gasteiger partial charge < -0.3 is 9.67 Å². The summed E-state index contributed by atoms with van der Waals surface area (Å²) in [4.78, 5) is -0.185. The van der Waals surface area contributed by atoms with Gasteiger partial charge in [-0.05, 0) is 31.0 Å². The summed E-state index contributed by atoms with van der Waals surface area (Å²) in [5, 5.41) is 19.1. The first-order valence-corrected chi connectivity index (χ1v) is 9.09. The third kappa shape index (κ3) is 2.70. The van der Waals surface area contributed by atoms with E-state index in [4.69, 9.17) is 5.26 Å². The Morgan fingerprint density at radius 3 is 2.71 bits per heavy atom. The summed E-state index contributed by atoms with van der Waals surface area (Å²) in [6, 6.07) is 5.45. The predicted molar refractivity (Wildman–Crippen MR) is 81.7 cm³/mol. The first kappa shape index (κ1) is 16.6. The van der Waals surface area contributed by atoms with Gasteiger partial charge in [0, 0.05) is 29.4 Å². The molecule has 0 saturated carbocycles. The van der Waals surface area contributed by atoms with Crippen LogP contribution in [-0.4, -0.2) is 30.5 Å². The largest absolute Gasteiger partial charge is 0.385 e. The highest BCUT2D eigenvalue weighted by molar-refractivity contribution is 7.90. The summed E-state index contributed by atoms with van der Waals surface area (Å²) in [6.07, 6.45) is -0.673. The lowest BCUT2D eigenvalue weighted by Gasteiger charge is -2.24. The minimum Gasteiger partial charge on any atom is -0.385 e. The highest BCUT2D eigenvalue weighted by Gasteiger charge is 2.36. The summed E-state index contributed by atoms with van der Waals surface area (Å²) >= 11 is 0. The Morgan fingerprint density at radius 2 is 2.08 bits per heavy atom. The summed E-state index contributed by atoms with van der Waals surface area (Å²) in [5.74, 6) is -0.646. The zero-order valence-electron chi connectivity index (χ0n) is 12.7. The van der Waals surface area contributed by atoms with E-state index < -0.39 is 27.9 Å². The maximum Gasteiger partial charge on any atom is 0.177 e. The van der Waals surface area contributed by atoms with Gasteiger partial charge >= 0.3 is 0 Å². The Balaban J connectivity index is 2.30. The van der Waals surface area contributed by atoms with Crippen molar-refractivity contribution in [2.75, 3.05) is 6.26 Å². The summed E-state index contributed by atoms with van der Waals surface area (Å²) in [5.41, 5.74) is 0.751. The Hall–Kier alpha value is -2.24. The maximum atomic E-state index is 13.9. The van der Waals surface area contributed by atoms with Gasteiger partial charge in [-0.3, -0.25) is 0 Å². The van der Waals surface area contributed by atoms with Crippen molar-refractivity contribution in [1.29, 1.82) is 5.26 Å². The molecule has 0 radical (unpaired) electrons. The lowest BCUT2D eigenvalue weighted by Crippen LogP contribution is -2.23. The second kappa shape index (κ2) is 5.69. The number of benzene rings is 1. The number of aliphatic hydroxyl groups is 1. The molecule has 1 N–H and O–H groups in total. The highest BCUT2D eigenvalue weighted by atomic mass is 32.2. The molecule has 2 unspecified atom stereocenters. The van der Waals surface area contributed by atoms with E-state index in [-0.39, 0.29) is 34.6 Å². The molecule has 0 aliphatic heterocycles. The van der Waals surface area contributed by atoms with Crippen LogP contribution in [0.5, 0.6) is 0 Å². The van der Waals surface area contributed by atoms with E-state index in [1.54, 1.807) is 0 Å². The fourth-order valence-electron chi connectivity index (χ4n) is 3.03. The number of aromatic nitrogens is 1. The van der Waals surface area contributed by atoms with Gasteiger partial charge in [-0.25, -0.2) is 17.2 Å². The summed E-state index contributed by atoms with van der Waals surface area (Å²) in [6.45, 7) is 0. The molecule has 126 valence electrons. The van der Waals surface area contributed by atoms with Gasteiger partial charge in [0.15, 0.2) is 9.84 Å². The number of nitriles is 1. The van der Waals surface area contributed by atoms with E-state index in [1.807, 2.05) is 6.07 Å². The molecule has 1 aromatic carbocycles. The van der Waals surface area contributed by atoms with Crippen molar-refractivity contribution in [2.24, 2.45) is 0 Å². The smallest absolute Gasteiger partial charge is 0.177 e. The second-order valence-corrected chi connectivity index (χ2v) is 7.79. The average Bonchev–Trinajstić information content (AvgIpc) is 2.90. The number of fused-ring (bicyclic) bond motifs is 1. The zero-order valence-corrected chi connectivity index (χ0v) is 13.5. The van der Waals surface area contributed by atoms with Crippen LogP contribution in [-0.2, 0) is 16.3 Å². The maximum absolute atomic E-state index is 13.9. The quantitative estimate of drug-likeness (QED) is 0.898. The van der Waals surface area contributed by atoms with Gasteiger partial charge in [0.05, 0.1) is 16.5 Å². The molecule has 0 amide bonds.